The van der Waals surface area contributed by atoms with E-state index in [1.807, 2.05) is 0 Å². The molecule has 4 nitrogen and oxygen atoms in total. The van der Waals surface area contributed by atoms with Crippen LogP contribution < -0.4 is 0 Å². The minimum absolute atomic E-state index is 0.0245. The highest BCUT2D eigenvalue weighted by atomic mass is 32.2. The highest BCUT2D eigenvalue weighted by Gasteiger charge is 2.38. The normalized spacial score (nSPS) is 19.9. The summed E-state index contributed by atoms with van der Waals surface area (Å²) in [5.74, 6) is 0.429. The molecule has 5 heteroatoms. The van der Waals surface area contributed by atoms with Crippen molar-refractivity contribution in [3.05, 3.63) is 0 Å². The lowest BCUT2D eigenvalue weighted by molar-refractivity contribution is -0.129. The van der Waals surface area contributed by atoms with Crippen LogP contribution in [-0.4, -0.2) is 40.1 Å². The molecule has 0 aromatic rings. The van der Waals surface area contributed by atoms with E-state index in [2.05, 4.69) is 4.99 Å². The fourth-order valence-corrected chi connectivity index (χ4v) is 2.06. The molecule has 0 unspecified atom stereocenters. The summed E-state index contributed by atoms with van der Waals surface area (Å²) in [6, 6.07) is 0. The fraction of sp³-hybridized carbons (Fsp3) is 0.667. The minimum Gasteiger partial charge on any atom is -0.299 e. The van der Waals surface area contributed by atoms with Gasteiger partial charge >= 0.3 is 0 Å². The SMILES string of the molecule is CC(=O)CSC1=NC(C)(C)C(=O)N1C. The molecule has 1 amide bonds. The molecule has 1 aliphatic rings. The average molecular weight is 214 g/mol. The summed E-state index contributed by atoms with van der Waals surface area (Å²) in [4.78, 5) is 28.1. The highest BCUT2D eigenvalue weighted by molar-refractivity contribution is 8.14. The molecule has 0 radical (unpaired) electrons. The summed E-state index contributed by atoms with van der Waals surface area (Å²) in [5, 5.41) is 0.634. The third-order valence-electron chi connectivity index (χ3n) is 1.89. The molecule has 1 rings (SSSR count). The van der Waals surface area contributed by atoms with E-state index in [0.717, 1.165) is 0 Å². The van der Waals surface area contributed by atoms with Crippen LogP contribution in [0.15, 0.2) is 4.99 Å². The number of carbonyl (C=O) groups excluding carboxylic acids is 2. The number of likely N-dealkylation sites (N-methyl/N-ethyl adjacent to an activating group) is 1. The Hall–Kier alpha value is -0.840. The standard InChI is InChI=1S/C9H14N2O2S/c1-6(12)5-14-8-10-9(2,3)7(13)11(8)4/h5H2,1-4H3. The van der Waals surface area contributed by atoms with Gasteiger partial charge in [0.2, 0.25) is 0 Å². The zero-order valence-corrected chi connectivity index (χ0v) is 9.64. The van der Waals surface area contributed by atoms with Gasteiger partial charge < -0.3 is 0 Å². The van der Waals surface area contributed by atoms with Crippen LogP contribution in [0.4, 0.5) is 0 Å². The van der Waals surface area contributed by atoms with E-state index >= 15 is 0 Å². The second kappa shape index (κ2) is 3.73. The molecule has 0 saturated heterocycles. The minimum atomic E-state index is -0.673. The number of amidine groups is 1. The lowest BCUT2D eigenvalue weighted by Crippen LogP contribution is -2.35. The molecule has 0 aromatic carbocycles. The Morgan fingerprint density at radius 2 is 2.14 bits per heavy atom. The first-order valence-corrected chi connectivity index (χ1v) is 5.33. The van der Waals surface area contributed by atoms with Gasteiger partial charge in [-0.1, -0.05) is 11.8 Å². The fourth-order valence-electron chi connectivity index (χ4n) is 1.15. The Labute approximate surface area is 87.8 Å². The molecule has 0 aromatic heterocycles. The van der Waals surface area contributed by atoms with Gasteiger partial charge in [0.1, 0.15) is 11.3 Å². The van der Waals surface area contributed by atoms with Crippen LogP contribution >= 0.6 is 11.8 Å². The first kappa shape index (κ1) is 11.2. The van der Waals surface area contributed by atoms with E-state index in [4.69, 9.17) is 0 Å². The number of aliphatic imine (C=N–C) groups is 1. The van der Waals surface area contributed by atoms with E-state index in [0.29, 0.717) is 10.9 Å². The average Bonchev–Trinajstić information content (AvgIpc) is 2.26. The number of hydrogen-bond acceptors (Lipinski definition) is 4. The summed E-state index contributed by atoms with van der Waals surface area (Å²) in [7, 11) is 1.68. The van der Waals surface area contributed by atoms with E-state index in [9.17, 15) is 9.59 Å². The number of nitrogens with zero attached hydrogens (tertiary/aromatic N) is 2. The van der Waals surface area contributed by atoms with Crippen molar-refractivity contribution in [2.45, 2.75) is 26.3 Å². The van der Waals surface area contributed by atoms with Gasteiger partial charge in [0.25, 0.3) is 5.91 Å². The van der Waals surface area contributed by atoms with Gasteiger partial charge in [-0.15, -0.1) is 0 Å². The van der Waals surface area contributed by atoms with E-state index in [1.54, 1.807) is 20.9 Å². The summed E-state index contributed by atoms with van der Waals surface area (Å²) in [6.07, 6.45) is 0. The summed E-state index contributed by atoms with van der Waals surface area (Å²) >= 11 is 1.31. The Bertz CT molecular complexity index is 310. The van der Waals surface area contributed by atoms with Gasteiger partial charge in [-0.05, 0) is 20.8 Å². The topological polar surface area (TPSA) is 49.7 Å². The van der Waals surface area contributed by atoms with Gasteiger partial charge in [0.05, 0.1) is 5.75 Å². The van der Waals surface area contributed by atoms with Crippen molar-refractivity contribution >= 4 is 28.6 Å². The zero-order valence-electron chi connectivity index (χ0n) is 8.83. The van der Waals surface area contributed by atoms with Crippen LogP contribution in [-0.2, 0) is 9.59 Å². The highest BCUT2D eigenvalue weighted by Crippen LogP contribution is 2.25. The maximum Gasteiger partial charge on any atom is 0.255 e. The second-order valence-corrected chi connectivity index (χ2v) is 4.75. The molecule has 0 fully saturated rings. The smallest absolute Gasteiger partial charge is 0.255 e. The van der Waals surface area contributed by atoms with Crippen molar-refractivity contribution in [3.8, 4) is 0 Å². The third kappa shape index (κ3) is 2.15. The Balaban J connectivity index is 2.71. The van der Waals surface area contributed by atoms with Crippen molar-refractivity contribution < 1.29 is 9.59 Å². The predicted octanol–water partition coefficient (Wildman–Crippen LogP) is 0.915. The monoisotopic (exact) mass is 214 g/mol. The second-order valence-electron chi connectivity index (χ2n) is 3.81. The molecular weight excluding hydrogens is 200 g/mol. The maximum absolute atomic E-state index is 11.6. The van der Waals surface area contributed by atoms with E-state index in [-0.39, 0.29) is 11.7 Å². The maximum atomic E-state index is 11.6. The first-order chi connectivity index (χ1) is 6.34. The van der Waals surface area contributed by atoms with Crippen LogP contribution in [0, 0.1) is 0 Å². The molecule has 78 valence electrons. The quantitative estimate of drug-likeness (QED) is 0.686. The van der Waals surface area contributed by atoms with E-state index in [1.165, 1.54) is 23.6 Å². The number of carbonyl (C=O) groups is 2. The number of thioether (sulfide) groups is 1. The van der Waals surface area contributed by atoms with Gasteiger partial charge in [-0.25, -0.2) is 4.99 Å². The Kier molecular flexibility index (Phi) is 2.99. The molecule has 0 aliphatic carbocycles. The third-order valence-corrected chi connectivity index (χ3v) is 3.07. The summed E-state index contributed by atoms with van der Waals surface area (Å²) < 4.78 is 0. The largest absolute Gasteiger partial charge is 0.299 e. The number of hydrogen-bond donors (Lipinski definition) is 0. The molecule has 0 atom stereocenters. The lowest BCUT2D eigenvalue weighted by Gasteiger charge is -2.14. The Morgan fingerprint density at radius 1 is 1.57 bits per heavy atom. The first-order valence-electron chi connectivity index (χ1n) is 4.35. The number of ketones is 1. The van der Waals surface area contributed by atoms with Crippen LogP contribution in [0.3, 0.4) is 0 Å². The van der Waals surface area contributed by atoms with Crippen molar-refractivity contribution in [2.24, 2.45) is 4.99 Å². The van der Waals surface area contributed by atoms with Crippen molar-refractivity contribution in [1.82, 2.24) is 4.90 Å². The zero-order chi connectivity index (χ0) is 10.9. The summed E-state index contributed by atoms with van der Waals surface area (Å²) in [6.45, 7) is 5.07. The predicted molar refractivity (Wildman–Crippen MR) is 57.4 cm³/mol. The lowest BCUT2D eigenvalue weighted by atomic mass is 10.1. The summed E-state index contributed by atoms with van der Waals surface area (Å²) in [5.41, 5.74) is -0.673. The van der Waals surface area contributed by atoms with Crippen LogP contribution in [0.2, 0.25) is 0 Å². The van der Waals surface area contributed by atoms with Crippen LogP contribution in [0.1, 0.15) is 20.8 Å². The van der Waals surface area contributed by atoms with Crippen LogP contribution in [0.5, 0.6) is 0 Å². The van der Waals surface area contributed by atoms with Crippen molar-refractivity contribution in [3.63, 3.8) is 0 Å². The van der Waals surface area contributed by atoms with Gasteiger partial charge in [0, 0.05) is 7.05 Å². The molecule has 1 heterocycles. The molecule has 1 aliphatic heterocycles. The van der Waals surface area contributed by atoms with Gasteiger partial charge in [-0.2, -0.15) is 0 Å². The van der Waals surface area contributed by atoms with Crippen molar-refractivity contribution in [2.75, 3.05) is 12.8 Å². The van der Waals surface area contributed by atoms with Gasteiger partial charge in [-0.3, -0.25) is 14.5 Å². The van der Waals surface area contributed by atoms with Crippen molar-refractivity contribution in [1.29, 1.82) is 0 Å². The van der Waals surface area contributed by atoms with E-state index < -0.39 is 5.54 Å². The Morgan fingerprint density at radius 3 is 2.50 bits per heavy atom. The molecule has 14 heavy (non-hydrogen) atoms. The number of rotatable bonds is 2. The molecular formula is C9H14N2O2S. The van der Waals surface area contributed by atoms with Crippen LogP contribution in [0.25, 0.3) is 0 Å². The number of Topliss-reactive ketones (excluding diaryl/α,β-unsaturated/α-hetero) is 1. The molecule has 0 N–H and O–H groups in total. The van der Waals surface area contributed by atoms with Gasteiger partial charge in [0.15, 0.2) is 5.17 Å². The molecule has 0 bridgehead atoms. The molecule has 0 spiro atoms. The number of amides is 1. The molecule has 0 saturated carbocycles.